The molecule has 2 aromatic rings. The molecule has 0 aliphatic heterocycles. The molecule has 0 radical (unpaired) electrons. The van der Waals surface area contributed by atoms with Crippen molar-refractivity contribution in [2.75, 3.05) is 5.32 Å². The third-order valence-corrected chi connectivity index (χ3v) is 3.77. The van der Waals surface area contributed by atoms with Gasteiger partial charge in [-0.25, -0.2) is 4.68 Å². The van der Waals surface area contributed by atoms with E-state index < -0.39 is 6.04 Å². The van der Waals surface area contributed by atoms with E-state index in [9.17, 15) is 4.79 Å². The van der Waals surface area contributed by atoms with Crippen LogP contribution in [0.2, 0.25) is 0 Å². The Labute approximate surface area is 129 Å². The molecule has 2 rings (SSSR count). The molecule has 1 N–H and O–H groups in total. The number of hydrogen-bond acceptors (Lipinski definition) is 4. The Kier molecular flexibility index (Phi) is 4.56. The molecule has 0 aliphatic rings. The molecule has 114 valence electrons. The maximum atomic E-state index is 12.5. The first-order valence-corrected chi connectivity index (χ1v) is 7.20. The van der Waals surface area contributed by atoms with Crippen LogP contribution >= 0.6 is 0 Å². The van der Waals surface area contributed by atoms with Crippen LogP contribution in [0.4, 0.5) is 5.69 Å². The summed E-state index contributed by atoms with van der Waals surface area (Å²) >= 11 is 0. The maximum Gasteiger partial charge on any atom is 0.249 e. The highest BCUT2D eigenvalue weighted by molar-refractivity contribution is 5.94. The fourth-order valence-corrected chi connectivity index (χ4v) is 2.35. The smallest absolute Gasteiger partial charge is 0.249 e. The van der Waals surface area contributed by atoms with Gasteiger partial charge in [0.2, 0.25) is 5.91 Å². The average Bonchev–Trinajstić information content (AvgIpc) is 2.89. The number of aryl methyl sites for hydroxylation is 2. The van der Waals surface area contributed by atoms with Gasteiger partial charge in [-0.3, -0.25) is 4.79 Å². The van der Waals surface area contributed by atoms with Gasteiger partial charge in [-0.05, 0) is 38.3 Å². The Morgan fingerprint density at radius 2 is 2.18 bits per heavy atom. The van der Waals surface area contributed by atoms with E-state index in [4.69, 9.17) is 5.26 Å². The van der Waals surface area contributed by atoms with Crippen LogP contribution in [0, 0.1) is 25.2 Å². The SMILES string of the molecule is CCc1cccc(C)c1NC(=O)C(C)n1nnc(C#N)c1C. The zero-order valence-corrected chi connectivity index (χ0v) is 13.2. The van der Waals surface area contributed by atoms with Crippen molar-refractivity contribution in [3.05, 3.63) is 40.7 Å². The van der Waals surface area contributed by atoms with Crippen LogP contribution < -0.4 is 5.32 Å². The van der Waals surface area contributed by atoms with Gasteiger partial charge in [0, 0.05) is 5.69 Å². The Morgan fingerprint density at radius 1 is 1.45 bits per heavy atom. The largest absolute Gasteiger partial charge is 0.324 e. The summed E-state index contributed by atoms with van der Waals surface area (Å²) in [7, 11) is 0. The number of rotatable bonds is 4. The molecule has 1 aromatic heterocycles. The highest BCUT2D eigenvalue weighted by Crippen LogP contribution is 2.22. The summed E-state index contributed by atoms with van der Waals surface area (Å²) in [5.74, 6) is -0.179. The molecule has 6 heteroatoms. The van der Waals surface area contributed by atoms with Crippen molar-refractivity contribution in [2.45, 2.75) is 40.2 Å². The summed E-state index contributed by atoms with van der Waals surface area (Å²) in [6.45, 7) is 7.48. The van der Waals surface area contributed by atoms with Crippen molar-refractivity contribution in [1.29, 1.82) is 5.26 Å². The molecule has 1 unspecified atom stereocenters. The summed E-state index contributed by atoms with van der Waals surface area (Å²) < 4.78 is 1.47. The molecule has 0 aliphatic carbocycles. The molecule has 1 amide bonds. The topological polar surface area (TPSA) is 83.6 Å². The van der Waals surface area contributed by atoms with E-state index in [2.05, 4.69) is 22.6 Å². The minimum atomic E-state index is -0.543. The number of anilines is 1. The van der Waals surface area contributed by atoms with E-state index in [1.807, 2.05) is 31.2 Å². The zero-order valence-electron chi connectivity index (χ0n) is 13.2. The number of carbonyl (C=O) groups is 1. The molecule has 0 saturated heterocycles. The van der Waals surface area contributed by atoms with E-state index in [-0.39, 0.29) is 11.6 Å². The normalized spacial score (nSPS) is 11.8. The van der Waals surface area contributed by atoms with E-state index in [1.54, 1.807) is 13.8 Å². The minimum absolute atomic E-state index is 0.179. The van der Waals surface area contributed by atoms with Crippen LogP contribution in [0.15, 0.2) is 18.2 Å². The number of para-hydroxylation sites is 1. The van der Waals surface area contributed by atoms with Gasteiger partial charge in [-0.15, -0.1) is 5.10 Å². The first-order chi connectivity index (χ1) is 10.5. The van der Waals surface area contributed by atoms with E-state index in [0.717, 1.165) is 23.2 Å². The van der Waals surface area contributed by atoms with Gasteiger partial charge in [0.1, 0.15) is 12.1 Å². The Balaban J connectivity index is 2.26. The number of nitrogens with one attached hydrogen (secondary N) is 1. The number of benzene rings is 1. The number of amides is 1. The van der Waals surface area contributed by atoms with Crippen molar-refractivity contribution in [1.82, 2.24) is 15.0 Å². The Hall–Kier alpha value is -2.68. The molecule has 0 spiro atoms. The summed E-state index contributed by atoms with van der Waals surface area (Å²) in [6, 6.07) is 7.37. The van der Waals surface area contributed by atoms with E-state index in [1.165, 1.54) is 4.68 Å². The predicted octanol–water partition coefficient (Wildman–Crippen LogP) is 2.53. The Morgan fingerprint density at radius 3 is 2.77 bits per heavy atom. The molecule has 1 atom stereocenters. The highest BCUT2D eigenvalue weighted by Gasteiger charge is 2.21. The van der Waals surface area contributed by atoms with Crippen molar-refractivity contribution in [2.24, 2.45) is 0 Å². The van der Waals surface area contributed by atoms with Crippen LogP contribution in [0.1, 0.15) is 42.4 Å². The summed E-state index contributed by atoms with van der Waals surface area (Å²) in [5.41, 5.74) is 3.79. The molecule has 0 fully saturated rings. The van der Waals surface area contributed by atoms with Gasteiger partial charge in [-0.2, -0.15) is 5.26 Å². The second kappa shape index (κ2) is 6.39. The lowest BCUT2D eigenvalue weighted by Gasteiger charge is -2.17. The lowest BCUT2D eigenvalue weighted by molar-refractivity contribution is -0.119. The summed E-state index contributed by atoms with van der Waals surface area (Å²) in [4.78, 5) is 12.5. The second-order valence-electron chi connectivity index (χ2n) is 5.21. The second-order valence-corrected chi connectivity index (χ2v) is 5.21. The van der Waals surface area contributed by atoms with E-state index in [0.29, 0.717) is 5.69 Å². The summed E-state index contributed by atoms with van der Waals surface area (Å²) in [5, 5.41) is 19.6. The molecule has 0 saturated carbocycles. The fraction of sp³-hybridized carbons (Fsp3) is 0.375. The average molecular weight is 297 g/mol. The van der Waals surface area contributed by atoms with Crippen LogP contribution in [0.25, 0.3) is 0 Å². The monoisotopic (exact) mass is 297 g/mol. The van der Waals surface area contributed by atoms with Gasteiger partial charge >= 0.3 is 0 Å². The third-order valence-electron chi connectivity index (χ3n) is 3.77. The number of aromatic nitrogens is 3. The van der Waals surface area contributed by atoms with Gasteiger partial charge in [-0.1, -0.05) is 30.3 Å². The molecule has 6 nitrogen and oxygen atoms in total. The zero-order chi connectivity index (χ0) is 16.3. The number of hydrogen-bond donors (Lipinski definition) is 1. The molecular weight excluding hydrogens is 278 g/mol. The highest BCUT2D eigenvalue weighted by atomic mass is 16.2. The quantitative estimate of drug-likeness (QED) is 0.940. The predicted molar refractivity (Wildman–Crippen MR) is 83.4 cm³/mol. The molecular formula is C16H19N5O. The lowest BCUT2D eigenvalue weighted by Crippen LogP contribution is -2.26. The molecule has 22 heavy (non-hydrogen) atoms. The maximum absolute atomic E-state index is 12.5. The van der Waals surface area contributed by atoms with Gasteiger partial charge < -0.3 is 5.32 Å². The minimum Gasteiger partial charge on any atom is -0.324 e. The first-order valence-electron chi connectivity index (χ1n) is 7.20. The van der Waals surface area contributed by atoms with Gasteiger partial charge in [0.15, 0.2) is 5.69 Å². The fourth-order valence-electron chi connectivity index (χ4n) is 2.35. The van der Waals surface area contributed by atoms with Gasteiger partial charge in [0.05, 0.1) is 5.69 Å². The van der Waals surface area contributed by atoms with Crippen molar-refractivity contribution >= 4 is 11.6 Å². The number of nitriles is 1. The Bertz CT molecular complexity index is 741. The van der Waals surface area contributed by atoms with Crippen molar-refractivity contribution in [3.8, 4) is 6.07 Å². The summed E-state index contributed by atoms with van der Waals surface area (Å²) in [6.07, 6.45) is 0.840. The van der Waals surface area contributed by atoms with Gasteiger partial charge in [0.25, 0.3) is 0 Å². The van der Waals surface area contributed by atoms with Crippen LogP contribution in [-0.4, -0.2) is 20.9 Å². The third kappa shape index (κ3) is 2.84. The molecule has 1 heterocycles. The van der Waals surface area contributed by atoms with Crippen molar-refractivity contribution in [3.63, 3.8) is 0 Å². The molecule has 0 bridgehead atoms. The van der Waals surface area contributed by atoms with Crippen LogP contribution in [0.5, 0.6) is 0 Å². The van der Waals surface area contributed by atoms with Crippen LogP contribution in [0.3, 0.4) is 0 Å². The van der Waals surface area contributed by atoms with Crippen molar-refractivity contribution < 1.29 is 4.79 Å². The number of carbonyl (C=O) groups excluding carboxylic acids is 1. The molecule has 1 aromatic carbocycles. The number of nitrogens with zero attached hydrogens (tertiary/aromatic N) is 4. The first kappa shape index (κ1) is 15.7. The lowest BCUT2D eigenvalue weighted by atomic mass is 10.1. The van der Waals surface area contributed by atoms with Crippen LogP contribution in [-0.2, 0) is 11.2 Å². The standard InChI is InChI=1S/C16H19N5O/c1-5-13-8-6-7-10(2)15(13)18-16(22)12(4)21-11(3)14(9-17)19-20-21/h6-8,12H,5H2,1-4H3,(H,18,22). The van der Waals surface area contributed by atoms with E-state index >= 15 is 0 Å².